The van der Waals surface area contributed by atoms with Crippen LogP contribution < -0.4 is 5.32 Å². The Hall–Kier alpha value is -0.0800. The molecule has 1 N–H and O–H groups in total. The van der Waals surface area contributed by atoms with Crippen LogP contribution in [-0.4, -0.2) is 24.8 Å². The molecule has 2 fully saturated rings. The third-order valence-corrected chi connectivity index (χ3v) is 3.88. The van der Waals surface area contributed by atoms with Gasteiger partial charge in [-0.1, -0.05) is 25.7 Å². The van der Waals surface area contributed by atoms with Crippen molar-refractivity contribution in [1.29, 1.82) is 0 Å². The molecule has 0 aromatic rings. The Labute approximate surface area is 93.8 Å². The SMILES string of the molecule is CC1CC(C)OC(CC2CCCC2)CN1. The largest absolute Gasteiger partial charge is 0.374 e. The van der Waals surface area contributed by atoms with E-state index in [0.717, 1.165) is 18.9 Å². The number of rotatable bonds is 2. The van der Waals surface area contributed by atoms with E-state index in [1.807, 2.05) is 0 Å². The standard InChI is InChI=1S/C13H25NO/c1-10-7-11(2)15-13(9-14-10)8-12-5-3-4-6-12/h10-14H,3-9H2,1-2H3. The van der Waals surface area contributed by atoms with E-state index in [4.69, 9.17) is 4.74 Å². The summed E-state index contributed by atoms with van der Waals surface area (Å²) >= 11 is 0. The van der Waals surface area contributed by atoms with Crippen molar-refractivity contribution in [1.82, 2.24) is 5.32 Å². The van der Waals surface area contributed by atoms with E-state index < -0.39 is 0 Å². The zero-order valence-electron chi connectivity index (χ0n) is 10.2. The number of hydrogen-bond acceptors (Lipinski definition) is 2. The van der Waals surface area contributed by atoms with Crippen LogP contribution in [-0.2, 0) is 4.74 Å². The van der Waals surface area contributed by atoms with Crippen molar-refractivity contribution in [3.63, 3.8) is 0 Å². The first-order valence-corrected chi connectivity index (χ1v) is 6.63. The zero-order chi connectivity index (χ0) is 10.7. The monoisotopic (exact) mass is 211 g/mol. The molecule has 0 radical (unpaired) electrons. The van der Waals surface area contributed by atoms with E-state index in [1.54, 1.807) is 0 Å². The molecule has 1 heterocycles. The molecule has 0 bridgehead atoms. The zero-order valence-corrected chi connectivity index (χ0v) is 10.2. The van der Waals surface area contributed by atoms with E-state index in [9.17, 15) is 0 Å². The van der Waals surface area contributed by atoms with Gasteiger partial charge in [-0.2, -0.15) is 0 Å². The van der Waals surface area contributed by atoms with Gasteiger partial charge in [-0.05, 0) is 32.6 Å². The molecule has 1 aliphatic carbocycles. The Bertz CT molecular complexity index is 189. The van der Waals surface area contributed by atoms with Crippen molar-refractivity contribution in [2.24, 2.45) is 5.92 Å². The smallest absolute Gasteiger partial charge is 0.0705 e. The molecule has 2 aliphatic rings. The van der Waals surface area contributed by atoms with Crippen molar-refractivity contribution in [3.8, 4) is 0 Å². The molecule has 1 saturated heterocycles. The maximum Gasteiger partial charge on any atom is 0.0705 e. The lowest BCUT2D eigenvalue weighted by atomic mass is 10.00. The summed E-state index contributed by atoms with van der Waals surface area (Å²) in [5.41, 5.74) is 0. The van der Waals surface area contributed by atoms with Crippen LogP contribution in [0.25, 0.3) is 0 Å². The number of ether oxygens (including phenoxy) is 1. The first-order chi connectivity index (χ1) is 7.24. The lowest BCUT2D eigenvalue weighted by Crippen LogP contribution is -2.32. The average Bonchev–Trinajstić information content (AvgIpc) is 2.61. The van der Waals surface area contributed by atoms with Crippen molar-refractivity contribution in [2.75, 3.05) is 6.54 Å². The van der Waals surface area contributed by atoms with Gasteiger partial charge in [0.1, 0.15) is 0 Å². The average molecular weight is 211 g/mol. The van der Waals surface area contributed by atoms with Crippen molar-refractivity contribution in [2.45, 2.75) is 70.6 Å². The quantitative estimate of drug-likeness (QED) is 0.758. The summed E-state index contributed by atoms with van der Waals surface area (Å²) in [6.07, 6.45) is 9.08. The van der Waals surface area contributed by atoms with Gasteiger partial charge in [0.05, 0.1) is 12.2 Å². The Morgan fingerprint density at radius 3 is 2.67 bits per heavy atom. The Morgan fingerprint density at radius 2 is 1.93 bits per heavy atom. The van der Waals surface area contributed by atoms with Gasteiger partial charge in [-0.3, -0.25) is 0 Å². The highest BCUT2D eigenvalue weighted by Crippen LogP contribution is 2.30. The van der Waals surface area contributed by atoms with Gasteiger partial charge in [0, 0.05) is 12.6 Å². The van der Waals surface area contributed by atoms with E-state index in [-0.39, 0.29) is 0 Å². The number of nitrogens with one attached hydrogen (secondary N) is 1. The van der Waals surface area contributed by atoms with Crippen LogP contribution in [0.5, 0.6) is 0 Å². The van der Waals surface area contributed by atoms with Crippen molar-refractivity contribution in [3.05, 3.63) is 0 Å². The van der Waals surface area contributed by atoms with E-state index in [1.165, 1.54) is 32.1 Å². The molecule has 2 nitrogen and oxygen atoms in total. The fraction of sp³-hybridized carbons (Fsp3) is 1.00. The maximum atomic E-state index is 6.08. The Morgan fingerprint density at radius 1 is 1.20 bits per heavy atom. The van der Waals surface area contributed by atoms with Gasteiger partial charge in [-0.25, -0.2) is 0 Å². The summed E-state index contributed by atoms with van der Waals surface area (Å²) < 4.78 is 6.08. The number of hydrogen-bond donors (Lipinski definition) is 1. The molecule has 3 atom stereocenters. The maximum absolute atomic E-state index is 6.08. The molecular formula is C13H25NO. The first-order valence-electron chi connectivity index (χ1n) is 6.63. The second kappa shape index (κ2) is 5.31. The van der Waals surface area contributed by atoms with Gasteiger partial charge in [0.15, 0.2) is 0 Å². The fourth-order valence-corrected chi connectivity index (χ4v) is 3.10. The third-order valence-electron chi connectivity index (χ3n) is 3.88. The summed E-state index contributed by atoms with van der Waals surface area (Å²) in [5, 5.41) is 3.57. The summed E-state index contributed by atoms with van der Waals surface area (Å²) in [7, 11) is 0. The van der Waals surface area contributed by atoms with Gasteiger partial charge in [-0.15, -0.1) is 0 Å². The lowest BCUT2D eigenvalue weighted by molar-refractivity contribution is -0.00379. The molecule has 2 rings (SSSR count). The Kier molecular flexibility index (Phi) is 4.04. The second-order valence-corrected chi connectivity index (χ2v) is 5.50. The normalized spacial score (nSPS) is 39.2. The molecule has 0 aromatic heterocycles. The topological polar surface area (TPSA) is 21.3 Å². The summed E-state index contributed by atoms with van der Waals surface area (Å²) in [6.45, 7) is 5.53. The van der Waals surface area contributed by atoms with Crippen LogP contribution in [0, 0.1) is 5.92 Å². The lowest BCUT2D eigenvalue weighted by Gasteiger charge is -2.21. The molecule has 88 valence electrons. The highest BCUT2D eigenvalue weighted by Gasteiger charge is 2.25. The van der Waals surface area contributed by atoms with Gasteiger partial charge in [0.2, 0.25) is 0 Å². The molecule has 2 heteroatoms. The molecule has 3 unspecified atom stereocenters. The Balaban J connectivity index is 1.80. The van der Waals surface area contributed by atoms with E-state index >= 15 is 0 Å². The van der Waals surface area contributed by atoms with E-state index in [0.29, 0.717) is 18.2 Å². The molecule has 1 aliphatic heterocycles. The minimum absolute atomic E-state index is 0.432. The fourth-order valence-electron chi connectivity index (χ4n) is 3.10. The van der Waals surface area contributed by atoms with Crippen LogP contribution in [0.2, 0.25) is 0 Å². The van der Waals surface area contributed by atoms with E-state index in [2.05, 4.69) is 19.2 Å². The third kappa shape index (κ3) is 3.46. The summed E-state index contributed by atoms with van der Waals surface area (Å²) in [4.78, 5) is 0. The van der Waals surface area contributed by atoms with Crippen LogP contribution in [0.3, 0.4) is 0 Å². The molecule has 0 amide bonds. The van der Waals surface area contributed by atoms with Crippen molar-refractivity contribution >= 4 is 0 Å². The van der Waals surface area contributed by atoms with Crippen LogP contribution in [0.4, 0.5) is 0 Å². The van der Waals surface area contributed by atoms with Gasteiger partial charge >= 0.3 is 0 Å². The first kappa shape index (κ1) is 11.4. The molecule has 0 spiro atoms. The minimum Gasteiger partial charge on any atom is -0.374 e. The molecule has 1 saturated carbocycles. The van der Waals surface area contributed by atoms with Crippen molar-refractivity contribution < 1.29 is 4.74 Å². The van der Waals surface area contributed by atoms with Gasteiger partial charge < -0.3 is 10.1 Å². The highest BCUT2D eigenvalue weighted by molar-refractivity contribution is 4.78. The molecular weight excluding hydrogens is 186 g/mol. The second-order valence-electron chi connectivity index (χ2n) is 5.50. The predicted octanol–water partition coefficient (Wildman–Crippen LogP) is 2.72. The molecule has 15 heavy (non-hydrogen) atoms. The highest BCUT2D eigenvalue weighted by atomic mass is 16.5. The summed E-state index contributed by atoms with van der Waals surface area (Å²) in [5.74, 6) is 0.942. The van der Waals surface area contributed by atoms with Crippen LogP contribution in [0.1, 0.15) is 52.4 Å². The van der Waals surface area contributed by atoms with Crippen LogP contribution in [0.15, 0.2) is 0 Å². The molecule has 0 aromatic carbocycles. The van der Waals surface area contributed by atoms with Gasteiger partial charge in [0.25, 0.3) is 0 Å². The van der Waals surface area contributed by atoms with Crippen LogP contribution >= 0.6 is 0 Å². The minimum atomic E-state index is 0.432. The predicted molar refractivity (Wildman–Crippen MR) is 63.0 cm³/mol. The summed E-state index contributed by atoms with van der Waals surface area (Å²) in [6, 6.07) is 0.619.